The van der Waals surface area contributed by atoms with Gasteiger partial charge in [0.2, 0.25) is 0 Å². The molecule has 1 aromatic heterocycles. The molecule has 1 aliphatic rings. The number of halogens is 1. The lowest BCUT2D eigenvalue weighted by molar-refractivity contribution is 0.0697. The smallest absolute Gasteiger partial charge is 0.337 e. The molecule has 0 aliphatic heterocycles. The van der Waals surface area contributed by atoms with Gasteiger partial charge < -0.3 is 20.1 Å². The molecule has 2 N–H and O–H groups in total. The van der Waals surface area contributed by atoms with Crippen molar-refractivity contribution < 1.29 is 19.0 Å². The van der Waals surface area contributed by atoms with Crippen molar-refractivity contribution in [2.75, 3.05) is 30.9 Å². The summed E-state index contributed by atoms with van der Waals surface area (Å²) < 4.78 is 18.9. The minimum atomic E-state index is -0.968. The van der Waals surface area contributed by atoms with Crippen LogP contribution in [0, 0.1) is 5.82 Å². The van der Waals surface area contributed by atoms with Gasteiger partial charge in [0.1, 0.15) is 0 Å². The highest BCUT2D eigenvalue weighted by atomic mass is 19.1. The number of ether oxygens (including phenoxy) is 1. The molecule has 0 spiro atoms. The van der Waals surface area contributed by atoms with Crippen molar-refractivity contribution in [2.24, 2.45) is 0 Å². The van der Waals surface area contributed by atoms with Crippen molar-refractivity contribution in [3.8, 4) is 5.75 Å². The molecule has 32 heavy (non-hydrogen) atoms. The van der Waals surface area contributed by atoms with Crippen LogP contribution in [0.3, 0.4) is 0 Å². The van der Waals surface area contributed by atoms with Crippen LogP contribution in [-0.2, 0) is 6.42 Å². The molecule has 0 fully saturated rings. The van der Waals surface area contributed by atoms with E-state index in [0.717, 1.165) is 30.6 Å². The van der Waals surface area contributed by atoms with Crippen LogP contribution in [0.15, 0.2) is 54.9 Å². The third-order valence-corrected chi connectivity index (χ3v) is 6.06. The van der Waals surface area contributed by atoms with Gasteiger partial charge >= 0.3 is 5.97 Å². The minimum Gasteiger partial charge on any atom is -0.494 e. The number of hydrogen-bond acceptors (Lipinski definition) is 5. The molecule has 2 aromatic carbocycles. The van der Waals surface area contributed by atoms with E-state index in [2.05, 4.69) is 28.5 Å². The molecular weight excluding hydrogens is 409 g/mol. The number of methoxy groups -OCH3 is 1. The van der Waals surface area contributed by atoms with Gasteiger partial charge in [0.25, 0.3) is 0 Å². The second-order valence-corrected chi connectivity index (χ2v) is 7.96. The predicted molar refractivity (Wildman–Crippen MR) is 123 cm³/mol. The maximum absolute atomic E-state index is 13.8. The van der Waals surface area contributed by atoms with Gasteiger partial charge in [-0.05, 0) is 60.7 Å². The SMILES string of the molecule is COc1cc(N(C)c2ccc3c(c2)CCC[C@H]3CNc2cnccc2C(=O)O)ccc1F. The van der Waals surface area contributed by atoms with Crippen LogP contribution in [-0.4, -0.2) is 36.8 Å². The molecule has 7 heteroatoms. The molecule has 166 valence electrons. The monoisotopic (exact) mass is 435 g/mol. The summed E-state index contributed by atoms with van der Waals surface area (Å²) in [6.45, 7) is 0.642. The molecule has 0 saturated heterocycles. The number of aryl methyl sites for hydroxylation is 1. The number of carboxylic acid groups (broad SMARTS) is 1. The van der Waals surface area contributed by atoms with E-state index in [9.17, 15) is 14.3 Å². The van der Waals surface area contributed by atoms with Crippen molar-refractivity contribution in [2.45, 2.75) is 25.2 Å². The molecule has 0 unspecified atom stereocenters. The third-order valence-electron chi connectivity index (χ3n) is 6.06. The van der Waals surface area contributed by atoms with Gasteiger partial charge in [0, 0.05) is 43.1 Å². The van der Waals surface area contributed by atoms with Crippen molar-refractivity contribution in [1.82, 2.24) is 4.98 Å². The lowest BCUT2D eigenvalue weighted by Crippen LogP contribution is -2.20. The van der Waals surface area contributed by atoms with Crippen LogP contribution in [0.1, 0.15) is 40.2 Å². The number of anilines is 3. The number of benzene rings is 2. The summed E-state index contributed by atoms with van der Waals surface area (Å²) in [5, 5.41) is 12.7. The minimum absolute atomic E-state index is 0.217. The number of aromatic carboxylic acids is 1. The third kappa shape index (κ3) is 4.37. The van der Waals surface area contributed by atoms with Gasteiger partial charge in [-0.1, -0.05) is 6.07 Å². The van der Waals surface area contributed by atoms with Gasteiger partial charge in [-0.3, -0.25) is 4.98 Å². The molecular formula is C25H26FN3O3. The van der Waals surface area contributed by atoms with Crippen LogP contribution >= 0.6 is 0 Å². The van der Waals surface area contributed by atoms with Crippen molar-refractivity contribution in [1.29, 1.82) is 0 Å². The van der Waals surface area contributed by atoms with E-state index < -0.39 is 5.97 Å². The zero-order valence-corrected chi connectivity index (χ0v) is 18.1. The first-order chi connectivity index (χ1) is 15.5. The Balaban J connectivity index is 1.53. The predicted octanol–water partition coefficient (Wildman–Crippen LogP) is 5.23. The molecule has 4 rings (SSSR count). The average molecular weight is 435 g/mol. The molecule has 3 aromatic rings. The molecule has 1 heterocycles. The van der Waals surface area contributed by atoms with E-state index in [-0.39, 0.29) is 23.0 Å². The topological polar surface area (TPSA) is 74.7 Å². The Bertz CT molecular complexity index is 1140. The number of nitrogens with one attached hydrogen (secondary N) is 1. The summed E-state index contributed by atoms with van der Waals surface area (Å²) >= 11 is 0. The van der Waals surface area contributed by atoms with Crippen molar-refractivity contribution in [3.05, 3.63) is 77.4 Å². The Morgan fingerprint density at radius 2 is 2.03 bits per heavy atom. The number of nitrogens with zero attached hydrogens (tertiary/aromatic N) is 2. The highest BCUT2D eigenvalue weighted by Crippen LogP contribution is 2.36. The zero-order chi connectivity index (χ0) is 22.7. The quantitative estimate of drug-likeness (QED) is 0.530. The van der Waals surface area contributed by atoms with E-state index in [1.165, 1.54) is 36.6 Å². The number of aromatic nitrogens is 1. The molecule has 6 nitrogen and oxygen atoms in total. The molecule has 0 amide bonds. The number of fused-ring (bicyclic) bond motifs is 1. The fourth-order valence-corrected chi connectivity index (χ4v) is 4.28. The van der Waals surface area contributed by atoms with Gasteiger partial charge in [0.05, 0.1) is 24.6 Å². The lowest BCUT2D eigenvalue weighted by atomic mass is 9.82. The van der Waals surface area contributed by atoms with Gasteiger partial charge in [-0.15, -0.1) is 0 Å². The maximum Gasteiger partial charge on any atom is 0.337 e. The molecule has 0 radical (unpaired) electrons. The van der Waals surface area contributed by atoms with Crippen molar-refractivity contribution in [3.63, 3.8) is 0 Å². The average Bonchev–Trinajstić information content (AvgIpc) is 2.82. The first-order valence-electron chi connectivity index (χ1n) is 10.6. The van der Waals surface area contributed by atoms with Gasteiger partial charge in [-0.25, -0.2) is 9.18 Å². The Morgan fingerprint density at radius 1 is 1.25 bits per heavy atom. The summed E-state index contributed by atoms with van der Waals surface area (Å²) in [4.78, 5) is 17.5. The molecule has 0 bridgehead atoms. The van der Waals surface area contributed by atoms with E-state index in [1.54, 1.807) is 18.3 Å². The number of rotatable bonds is 7. The van der Waals surface area contributed by atoms with E-state index in [1.807, 2.05) is 11.9 Å². The van der Waals surface area contributed by atoms with E-state index >= 15 is 0 Å². The fourth-order valence-electron chi connectivity index (χ4n) is 4.28. The Hall–Kier alpha value is -3.61. The van der Waals surface area contributed by atoms with Gasteiger partial charge in [0.15, 0.2) is 11.6 Å². The first-order valence-corrected chi connectivity index (χ1v) is 10.6. The van der Waals surface area contributed by atoms with E-state index in [4.69, 9.17) is 4.74 Å². The van der Waals surface area contributed by atoms with Crippen LogP contribution < -0.4 is 15.0 Å². The fraction of sp³-hybridized carbons (Fsp3) is 0.280. The maximum atomic E-state index is 13.8. The first kappa shape index (κ1) is 21.6. The highest BCUT2D eigenvalue weighted by molar-refractivity contribution is 5.93. The Labute approximate surface area is 186 Å². The summed E-state index contributed by atoms with van der Waals surface area (Å²) in [6.07, 6.45) is 6.14. The summed E-state index contributed by atoms with van der Waals surface area (Å²) in [5.74, 6) is -0.852. The summed E-state index contributed by atoms with van der Waals surface area (Å²) in [6, 6.07) is 12.7. The summed E-state index contributed by atoms with van der Waals surface area (Å²) in [5.41, 5.74) is 5.18. The number of carboxylic acids is 1. The Morgan fingerprint density at radius 3 is 2.81 bits per heavy atom. The summed E-state index contributed by atoms with van der Waals surface area (Å²) in [7, 11) is 3.41. The molecule has 1 atom stereocenters. The van der Waals surface area contributed by atoms with E-state index in [0.29, 0.717) is 12.2 Å². The second-order valence-electron chi connectivity index (χ2n) is 7.96. The van der Waals surface area contributed by atoms with Crippen molar-refractivity contribution >= 4 is 23.0 Å². The number of carbonyl (C=O) groups is 1. The molecule has 0 saturated carbocycles. The van der Waals surface area contributed by atoms with Crippen LogP contribution in [0.4, 0.5) is 21.5 Å². The lowest BCUT2D eigenvalue weighted by Gasteiger charge is -2.28. The molecule has 1 aliphatic carbocycles. The standard InChI is InChI=1S/C25H26FN3O3/c1-29(19-7-9-22(26)24(13-19)32-2)18-6-8-20-16(12-18)4-3-5-17(20)14-28-23-15-27-11-10-21(23)25(30)31/h6-13,15,17,28H,3-5,14H2,1-2H3,(H,30,31)/t17-/m0/s1. The Kier molecular flexibility index (Phi) is 6.25. The van der Waals surface area contributed by atoms with Crippen LogP contribution in [0.25, 0.3) is 0 Å². The normalized spacial score (nSPS) is 15.0. The number of pyridine rings is 1. The number of hydrogen-bond donors (Lipinski definition) is 2. The van der Waals surface area contributed by atoms with Crippen LogP contribution in [0.2, 0.25) is 0 Å². The second kappa shape index (κ2) is 9.26. The zero-order valence-electron chi connectivity index (χ0n) is 18.1. The van der Waals surface area contributed by atoms with Crippen LogP contribution in [0.5, 0.6) is 5.75 Å². The largest absolute Gasteiger partial charge is 0.494 e. The highest BCUT2D eigenvalue weighted by Gasteiger charge is 2.22. The van der Waals surface area contributed by atoms with Gasteiger partial charge in [-0.2, -0.15) is 0 Å².